The Morgan fingerprint density at radius 2 is 2.21 bits per heavy atom. The Morgan fingerprint density at radius 1 is 1.47 bits per heavy atom. The zero-order chi connectivity index (χ0) is 14.0. The van der Waals surface area contributed by atoms with Crippen LogP contribution in [0.2, 0.25) is 5.02 Å². The number of pyridine rings is 1. The lowest BCUT2D eigenvalue weighted by atomic mass is 10.1. The first kappa shape index (κ1) is 13.8. The lowest BCUT2D eigenvalue weighted by molar-refractivity contribution is 0.0525. The number of carbonyl (C=O) groups excluding carboxylic acids is 1. The van der Waals surface area contributed by atoms with Crippen LogP contribution in [0.5, 0.6) is 5.75 Å². The number of halogens is 1. The van der Waals surface area contributed by atoms with E-state index in [1.54, 1.807) is 19.1 Å². The van der Waals surface area contributed by atoms with Crippen molar-refractivity contribution in [2.24, 2.45) is 0 Å². The van der Waals surface area contributed by atoms with Crippen LogP contribution in [0.15, 0.2) is 18.3 Å². The third kappa shape index (κ3) is 2.57. The van der Waals surface area contributed by atoms with E-state index in [-0.39, 0.29) is 0 Å². The van der Waals surface area contributed by atoms with Crippen molar-refractivity contribution in [1.29, 1.82) is 0 Å². The molecule has 0 aliphatic heterocycles. The van der Waals surface area contributed by atoms with E-state index in [0.29, 0.717) is 32.8 Å². The molecule has 0 atom stereocenters. The average Bonchev–Trinajstić information content (AvgIpc) is 2.38. The van der Waals surface area contributed by atoms with Crippen molar-refractivity contribution >= 4 is 40.7 Å². The standard InChI is InChI=1S/C13H12ClNO3S/c1-3-18-13(16)8-6-15-10-5-9(14)11(17-2)4-7(10)12(8)19/h4-6H,3H2,1-2H3,(H,15,19). The number of methoxy groups -OCH3 is 1. The minimum absolute atomic E-state index is 0.301. The Balaban J connectivity index is 2.67. The highest BCUT2D eigenvalue weighted by Crippen LogP contribution is 2.30. The number of nitrogens with one attached hydrogen (secondary N) is 1. The van der Waals surface area contributed by atoms with Gasteiger partial charge in [0.15, 0.2) is 0 Å². The number of hydrogen-bond donors (Lipinski definition) is 1. The van der Waals surface area contributed by atoms with E-state index < -0.39 is 5.97 Å². The number of fused-ring (bicyclic) bond motifs is 1. The molecule has 6 heteroatoms. The molecule has 0 spiro atoms. The monoisotopic (exact) mass is 297 g/mol. The second-order valence-electron chi connectivity index (χ2n) is 3.78. The Hall–Kier alpha value is -1.59. The lowest BCUT2D eigenvalue weighted by Gasteiger charge is -2.08. The number of carbonyl (C=O) groups is 1. The molecule has 100 valence electrons. The molecule has 1 aromatic heterocycles. The zero-order valence-electron chi connectivity index (χ0n) is 10.5. The van der Waals surface area contributed by atoms with Gasteiger partial charge in [0.2, 0.25) is 0 Å². The molecule has 0 radical (unpaired) electrons. The molecule has 0 amide bonds. The highest BCUT2D eigenvalue weighted by Gasteiger charge is 2.13. The highest BCUT2D eigenvalue weighted by atomic mass is 35.5. The number of hydrogen-bond acceptors (Lipinski definition) is 4. The number of ether oxygens (including phenoxy) is 2. The lowest BCUT2D eigenvalue weighted by Crippen LogP contribution is -2.06. The van der Waals surface area contributed by atoms with Crippen LogP contribution in [0.1, 0.15) is 17.3 Å². The topological polar surface area (TPSA) is 51.3 Å². The first-order valence-electron chi connectivity index (χ1n) is 5.64. The van der Waals surface area contributed by atoms with Gasteiger partial charge in [-0.1, -0.05) is 23.8 Å². The van der Waals surface area contributed by atoms with Crippen molar-refractivity contribution in [3.05, 3.63) is 33.4 Å². The zero-order valence-corrected chi connectivity index (χ0v) is 12.0. The van der Waals surface area contributed by atoms with Crippen LogP contribution in [0.3, 0.4) is 0 Å². The molecule has 2 aromatic rings. The first-order chi connectivity index (χ1) is 9.08. The summed E-state index contributed by atoms with van der Waals surface area (Å²) in [4.78, 5) is 14.7. The fourth-order valence-electron chi connectivity index (χ4n) is 1.74. The minimum atomic E-state index is -0.445. The van der Waals surface area contributed by atoms with Crippen molar-refractivity contribution in [3.8, 4) is 5.75 Å². The van der Waals surface area contributed by atoms with Gasteiger partial charge in [0.1, 0.15) is 5.75 Å². The highest BCUT2D eigenvalue weighted by molar-refractivity contribution is 7.71. The summed E-state index contributed by atoms with van der Waals surface area (Å²) >= 11 is 11.4. The number of esters is 1. The van der Waals surface area contributed by atoms with E-state index in [0.717, 1.165) is 5.52 Å². The van der Waals surface area contributed by atoms with Crippen LogP contribution >= 0.6 is 23.8 Å². The molecule has 19 heavy (non-hydrogen) atoms. The molecule has 0 unspecified atom stereocenters. The van der Waals surface area contributed by atoms with Gasteiger partial charge in [-0.25, -0.2) is 4.79 Å². The molecule has 1 heterocycles. The summed E-state index contributed by atoms with van der Waals surface area (Å²) in [6.45, 7) is 2.05. The SMILES string of the molecule is CCOC(=O)c1c[nH]c2cc(Cl)c(OC)cc2c1=S. The molecular weight excluding hydrogens is 286 g/mol. The fraction of sp³-hybridized carbons (Fsp3) is 0.231. The molecule has 0 saturated carbocycles. The molecule has 0 aliphatic carbocycles. The molecular formula is C13H12ClNO3S. The molecule has 0 fully saturated rings. The number of aromatic nitrogens is 1. The summed E-state index contributed by atoms with van der Waals surface area (Å²) in [5.74, 6) is 0.0641. The van der Waals surface area contributed by atoms with Crippen LogP contribution in [-0.2, 0) is 4.74 Å². The van der Waals surface area contributed by atoms with Crippen LogP contribution in [0, 0.1) is 4.51 Å². The van der Waals surface area contributed by atoms with E-state index in [4.69, 9.17) is 33.3 Å². The summed E-state index contributed by atoms with van der Waals surface area (Å²) in [5, 5.41) is 1.17. The number of benzene rings is 1. The molecule has 0 saturated heterocycles. The van der Waals surface area contributed by atoms with Gasteiger partial charge in [-0.3, -0.25) is 0 Å². The largest absolute Gasteiger partial charge is 0.495 e. The van der Waals surface area contributed by atoms with Crippen LogP contribution in [0.25, 0.3) is 10.9 Å². The quantitative estimate of drug-likeness (QED) is 0.693. The Labute approximate surface area is 120 Å². The normalized spacial score (nSPS) is 10.5. The predicted octanol–water partition coefficient (Wildman–Crippen LogP) is 3.74. The molecule has 2 rings (SSSR count). The Morgan fingerprint density at radius 3 is 2.84 bits per heavy atom. The summed E-state index contributed by atoms with van der Waals surface area (Å²) in [6.07, 6.45) is 1.53. The molecule has 0 aliphatic rings. The van der Waals surface area contributed by atoms with Gasteiger partial charge < -0.3 is 14.5 Å². The fourth-order valence-corrected chi connectivity index (χ4v) is 2.29. The van der Waals surface area contributed by atoms with E-state index in [9.17, 15) is 4.79 Å². The number of aromatic amines is 1. The van der Waals surface area contributed by atoms with Gasteiger partial charge in [0.25, 0.3) is 0 Å². The molecule has 4 nitrogen and oxygen atoms in total. The van der Waals surface area contributed by atoms with Crippen molar-refractivity contribution in [1.82, 2.24) is 4.98 Å². The third-order valence-electron chi connectivity index (χ3n) is 2.65. The van der Waals surface area contributed by atoms with Crippen molar-refractivity contribution < 1.29 is 14.3 Å². The van der Waals surface area contributed by atoms with Crippen LogP contribution in [-0.4, -0.2) is 24.7 Å². The number of rotatable bonds is 3. The smallest absolute Gasteiger partial charge is 0.341 e. The molecule has 1 N–H and O–H groups in total. The maximum absolute atomic E-state index is 11.8. The first-order valence-corrected chi connectivity index (χ1v) is 6.43. The van der Waals surface area contributed by atoms with E-state index in [2.05, 4.69) is 4.98 Å². The summed E-state index contributed by atoms with van der Waals surface area (Å²) in [6, 6.07) is 3.42. The number of H-pyrrole nitrogens is 1. The Bertz CT molecular complexity index is 696. The molecule has 1 aromatic carbocycles. The average molecular weight is 298 g/mol. The van der Waals surface area contributed by atoms with Gasteiger partial charge in [0, 0.05) is 17.1 Å². The maximum atomic E-state index is 11.8. The van der Waals surface area contributed by atoms with Gasteiger partial charge in [-0.2, -0.15) is 0 Å². The Kier molecular flexibility index (Phi) is 4.07. The summed E-state index contributed by atoms with van der Waals surface area (Å²) in [5.41, 5.74) is 1.07. The molecule has 0 bridgehead atoms. The van der Waals surface area contributed by atoms with Gasteiger partial charge in [-0.15, -0.1) is 0 Å². The van der Waals surface area contributed by atoms with E-state index >= 15 is 0 Å². The van der Waals surface area contributed by atoms with Gasteiger partial charge >= 0.3 is 5.97 Å². The van der Waals surface area contributed by atoms with E-state index in [1.807, 2.05) is 0 Å². The van der Waals surface area contributed by atoms with Gasteiger partial charge in [-0.05, 0) is 19.1 Å². The van der Waals surface area contributed by atoms with Crippen molar-refractivity contribution in [3.63, 3.8) is 0 Å². The third-order valence-corrected chi connectivity index (χ3v) is 3.38. The maximum Gasteiger partial charge on any atom is 0.341 e. The van der Waals surface area contributed by atoms with Crippen molar-refractivity contribution in [2.45, 2.75) is 6.92 Å². The predicted molar refractivity (Wildman–Crippen MR) is 76.7 cm³/mol. The summed E-state index contributed by atoms with van der Waals surface area (Å²) in [7, 11) is 1.52. The second kappa shape index (κ2) is 5.59. The van der Waals surface area contributed by atoms with Gasteiger partial charge in [0.05, 0.1) is 28.8 Å². The van der Waals surface area contributed by atoms with Crippen LogP contribution < -0.4 is 4.74 Å². The van der Waals surface area contributed by atoms with Crippen LogP contribution in [0.4, 0.5) is 0 Å². The van der Waals surface area contributed by atoms with Crippen molar-refractivity contribution in [2.75, 3.05) is 13.7 Å². The summed E-state index contributed by atoms with van der Waals surface area (Å²) < 4.78 is 10.5. The van der Waals surface area contributed by atoms with E-state index in [1.165, 1.54) is 13.3 Å². The second-order valence-corrected chi connectivity index (χ2v) is 4.60. The minimum Gasteiger partial charge on any atom is -0.495 e.